The number of carbonyl (C=O) groups excluding carboxylic acids is 4. The molecule has 4 aliphatic rings. The number of hydrogen-bond acceptors (Lipinski definition) is 5. The summed E-state index contributed by atoms with van der Waals surface area (Å²) in [5, 5.41) is 13.3. The van der Waals surface area contributed by atoms with Crippen molar-refractivity contribution < 1.29 is 24.3 Å². The molecule has 2 aliphatic heterocycles. The Morgan fingerprint density at radius 2 is 1.59 bits per heavy atom. The van der Waals surface area contributed by atoms with Gasteiger partial charge in [0.25, 0.3) is 11.8 Å². The van der Waals surface area contributed by atoms with E-state index in [9.17, 15) is 24.3 Å². The minimum absolute atomic E-state index is 0.0813. The fourth-order valence-corrected chi connectivity index (χ4v) is 8.58. The van der Waals surface area contributed by atoms with Gasteiger partial charge in [0.2, 0.25) is 11.8 Å². The summed E-state index contributed by atoms with van der Waals surface area (Å²) in [5.41, 5.74) is 1.36. The molecule has 0 radical (unpaired) electrons. The van der Waals surface area contributed by atoms with Gasteiger partial charge in [-0.05, 0) is 48.4 Å². The van der Waals surface area contributed by atoms with Gasteiger partial charge in [0.15, 0.2) is 9.75 Å². The van der Waals surface area contributed by atoms with Gasteiger partial charge in [0.1, 0.15) is 5.75 Å². The molecule has 3 fully saturated rings. The number of phenols is 1. The van der Waals surface area contributed by atoms with Gasteiger partial charge in [-0.2, -0.15) is 0 Å². The van der Waals surface area contributed by atoms with E-state index in [0.717, 1.165) is 10.3 Å². The Balaban J connectivity index is 1.42. The maximum Gasteiger partial charge on any atom is 0.253 e. The molecular formula is C31H23Cl3N2O5. The van der Waals surface area contributed by atoms with Crippen LogP contribution in [0.2, 0.25) is 5.02 Å². The molecular weight excluding hydrogens is 587 g/mol. The second-order valence-electron chi connectivity index (χ2n) is 11.2. The lowest BCUT2D eigenvalue weighted by atomic mass is 9.56. The third kappa shape index (κ3) is 3.28. The molecule has 6 unspecified atom stereocenters. The number of amides is 4. The van der Waals surface area contributed by atoms with Gasteiger partial charge >= 0.3 is 0 Å². The van der Waals surface area contributed by atoms with E-state index in [1.54, 1.807) is 42.5 Å². The average Bonchev–Trinajstić information content (AvgIpc) is 3.29. The number of halogens is 3. The van der Waals surface area contributed by atoms with Crippen LogP contribution in [0.1, 0.15) is 24.3 Å². The van der Waals surface area contributed by atoms with Crippen molar-refractivity contribution in [3.63, 3.8) is 0 Å². The summed E-state index contributed by atoms with van der Waals surface area (Å²) in [6.07, 6.45) is 1.97. The zero-order chi connectivity index (χ0) is 29.0. The topological polar surface area (TPSA) is 95.0 Å². The first kappa shape index (κ1) is 26.5. The molecule has 7 nitrogen and oxygen atoms in total. The Bertz CT molecular complexity index is 1740. The lowest BCUT2D eigenvalue weighted by Gasteiger charge is -2.50. The average molecular weight is 610 g/mol. The van der Waals surface area contributed by atoms with Crippen LogP contribution >= 0.6 is 34.8 Å². The molecule has 1 N–H and O–H groups in total. The number of imide groups is 2. The van der Waals surface area contributed by atoms with E-state index in [4.69, 9.17) is 34.8 Å². The van der Waals surface area contributed by atoms with Crippen molar-refractivity contribution in [2.24, 2.45) is 17.8 Å². The Labute approximate surface area is 250 Å². The molecule has 3 aromatic rings. The molecule has 3 aromatic carbocycles. The van der Waals surface area contributed by atoms with Crippen molar-refractivity contribution in [3.8, 4) is 5.75 Å². The van der Waals surface area contributed by atoms with Crippen molar-refractivity contribution in [2.75, 3.05) is 11.9 Å². The van der Waals surface area contributed by atoms with Gasteiger partial charge < -0.3 is 5.11 Å². The van der Waals surface area contributed by atoms with Gasteiger partial charge in [-0.25, -0.2) is 0 Å². The van der Waals surface area contributed by atoms with E-state index in [2.05, 4.69) is 0 Å². The largest absolute Gasteiger partial charge is 0.507 e. The summed E-state index contributed by atoms with van der Waals surface area (Å²) in [4.78, 5) is 53.2. The number of fused-ring (bicyclic) bond motifs is 5. The molecule has 0 bridgehead atoms. The smallest absolute Gasteiger partial charge is 0.253 e. The van der Waals surface area contributed by atoms with Gasteiger partial charge in [0.05, 0.1) is 17.5 Å². The highest BCUT2D eigenvalue weighted by atomic mass is 35.5. The van der Waals surface area contributed by atoms with E-state index >= 15 is 0 Å². The molecule has 6 atom stereocenters. The number of hydrogen-bond donors (Lipinski definition) is 1. The first-order valence-corrected chi connectivity index (χ1v) is 14.4. The zero-order valence-corrected chi connectivity index (χ0v) is 24.0. The predicted molar refractivity (Wildman–Crippen MR) is 155 cm³/mol. The van der Waals surface area contributed by atoms with Crippen molar-refractivity contribution in [2.45, 2.75) is 28.5 Å². The SMILES string of the molecule is CN1C(=O)C2(Cl)CC3C(=CCC4C(=O)N(c5ccc(Cl)cc5)C(=O)C43)C(c3ccc4ccccc4c3O)C2(Cl)C1=O. The monoisotopic (exact) mass is 608 g/mol. The van der Waals surface area contributed by atoms with E-state index in [-0.39, 0.29) is 24.5 Å². The number of benzene rings is 3. The third-order valence-corrected chi connectivity index (χ3v) is 11.0. The first-order valence-electron chi connectivity index (χ1n) is 13.2. The second kappa shape index (κ2) is 8.81. The van der Waals surface area contributed by atoms with E-state index < -0.39 is 51.1 Å². The van der Waals surface area contributed by atoms with Gasteiger partial charge in [-0.15, -0.1) is 23.2 Å². The van der Waals surface area contributed by atoms with Gasteiger partial charge in [0, 0.05) is 28.9 Å². The molecule has 7 rings (SSSR count). The maximum absolute atomic E-state index is 14.0. The molecule has 1 saturated carbocycles. The van der Waals surface area contributed by atoms with E-state index in [1.165, 1.54) is 11.9 Å². The number of aromatic hydroxyl groups is 1. The van der Waals surface area contributed by atoms with Crippen LogP contribution in [-0.2, 0) is 19.2 Å². The molecule has 2 heterocycles. The highest BCUT2D eigenvalue weighted by Crippen LogP contribution is 2.66. The molecule has 10 heteroatoms. The minimum atomic E-state index is -1.96. The fraction of sp³-hybridized carbons (Fsp3) is 0.290. The van der Waals surface area contributed by atoms with E-state index in [1.807, 2.05) is 24.3 Å². The minimum Gasteiger partial charge on any atom is -0.507 e. The van der Waals surface area contributed by atoms with Crippen LogP contribution in [0.25, 0.3) is 10.8 Å². The Kier molecular flexibility index (Phi) is 5.69. The summed E-state index contributed by atoms with van der Waals surface area (Å²) in [7, 11) is 1.34. The maximum atomic E-state index is 14.0. The Morgan fingerprint density at radius 1 is 0.878 bits per heavy atom. The summed E-state index contributed by atoms with van der Waals surface area (Å²) in [6, 6.07) is 17.2. The lowest BCUT2D eigenvalue weighted by molar-refractivity contribution is -0.138. The van der Waals surface area contributed by atoms with Crippen LogP contribution in [0.15, 0.2) is 72.3 Å². The number of alkyl halides is 2. The van der Waals surface area contributed by atoms with Gasteiger partial charge in [-0.1, -0.05) is 59.6 Å². The number of rotatable bonds is 2. The van der Waals surface area contributed by atoms with Crippen LogP contribution in [0, 0.1) is 17.8 Å². The molecule has 0 aromatic heterocycles. The van der Waals surface area contributed by atoms with Crippen molar-refractivity contribution in [1.29, 1.82) is 0 Å². The van der Waals surface area contributed by atoms with Crippen LogP contribution < -0.4 is 4.90 Å². The molecule has 4 amide bonds. The van der Waals surface area contributed by atoms with Crippen molar-refractivity contribution >= 4 is 74.9 Å². The molecule has 208 valence electrons. The normalized spacial score (nSPS) is 32.7. The predicted octanol–water partition coefficient (Wildman–Crippen LogP) is 5.39. The third-order valence-electron chi connectivity index (χ3n) is 9.34. The van der Waals surface area contributed by atoms with Crippen LogP contribution in [0.4, 0.5) is 5.69 Å². The van der Waals surface area contributed by atoms with Crippen molar-refractivity contribution in [3.05, 3.63) is 82.9 Å². The van der Waals surface area contributed by atoms with Gasteiger partial charge in [-0.3, -0.25) is 29.0 Å². The van der Waals surface area contributed by atoms with Crippen LogP contribution in [0.5, 0.6) is 5.75 Å². The molecule has 0 spiro atoms. The summed E-state index contributed by atoms with van der Waals surface area (Å²) < 4.78 is 0. The zero-order valence-electron chi connectivity index (χ0n) is 21.7. The quantitative estimate of drug-likeness (QED) is 0.239. The first-order chi connectivity index (χ1) is 19.5. The standard InChI is InChI=1S/C31H23Cl3N2O5/c1-35-28(40)30(33)14-22-19(12-13-20-23(22)27(39)36(26(20)38)17-9-7-16(32)8-10-17)24(31(30,34)29(35)41)21-11-6-15-4-2-3-5-18(15)25(21)37/h2-12,20,22-24,37H,13-14H2,1H3. The Hall–Kier alpha value is -3.39. The Morgan fingerprint density at radius 3 is 2.32 bits per heavy atom. The van der Waals surface area contributed by atoms with Crippen LogP contribution in [0.3, 0.4) is 0 Å². The highest BCUT2D eigenvalue weighted by molar-refractivity contribution is 6.53. The lowest BCUT2D eigenvalue weighted by Crippen LogP contribution is -2.60. The highest BCUT2D eigenvalue weighted by Gasteiger charge is 2.76. The number of nitrogens with zero attached hydrogens (tertiary/aromatic N) is 2. The van der Waals surface area contributed by atoms with E-state index in [0.29, 0.717) is 27.2 Å². The summed E-state index contributed by atoms with van der Waals surface area (Å²) in [5.74, 6) is -5.38. The van der Waals surface area contributed by atoms with Crippen molar-refractivity contribution in [1.82, 2.24) is 4.90 Å². The molecule has 2 saturated heterocycles. The number of phenolic OH excluding ortho intramolecular Hbond substituents is 1. The summed E-state index contributed by atoms with van der Waals surface area (Å²) >= 11 is 20.5. The number of carbonyl (C=O) groups is 4. The fourth-order valence-electron chi connectivity index (χ4n) is 7.44. The molecule has 2 aliphatic carbocycles. The number of anilines is 1. The van der Waals surface area contributed by atoms with Crippen LogP contribution in [-0.4, -0.2) is 50.4 Å². The summed E-state index contributed by atoms with van der Waals surface area (Å²) in [6.45, 7) is 0. The number of likely N-dealkylation sites (tertiary alicyclic amines) is 1. The second-order valence-corrected chi connectivity index (χ2v) is 12.9. The number of allylic oxidation sites excluding steroid dienone is 2. The molecule has 41 heavy (non-hydrogen) atoms.